The van der Waals surface area contributed by atoms with E-state index in [4.69, 9.17) is 0 Å². The highest BCUT2D eigenvalue weighted by Crippen LogP contribution is 2.35. The summed E-state index contributed by atoms with van der Waals surface area (Å²) >= 11 is 0. The molecule has 3 rings (SSSR count). The molecule has 148 valence electrons. The topological polar surface area (TPSA) is 9.23 Å². The van der Waals surface area contributed by atoms with Gasteiger partial charge in [-0.25, -0.2) is 8.78 Å². The van der Waals surface area contributed by atoms with E-state index in [0.29, 0.717) is 12.8 Å². The lowest BCUT2D eigenvalue weighted by molar-refractivity contribution is 0.342. The van der Waals surface area contributed by atoms with Crippen molar-refractivity contribution in [3.63, 3.8) is 0 Å². The van der Waals surface area contributed by atoms with Gasteiger partial charge in [-0.15, -0.1) is 0 Å². The molecule has 0 bridgehead atoms. The number of hydrogen-bond donors (Lipinski definition) is 0. The first-order valence-electron chi connectivity index (χ1n) is 9.74. The largest absolute Gasteiger partial charge is 0.491 e. The molecular weight excluding hydrogens is 361 g/mol. The molecule has 1 atom stereocenters. The zero-order valence-corrected chi connectivity index (χ0v) is 16.3. The second-order valence-corrected chi connectivity index (χ2v) is 7.19. The molecular formula is C24H25F3O. The minimum atomic E-state index is -1.25. The van der Waals surface area contributed by atoms with Gasteiger partial charge in [0.1, 0.15) is 0 Å². The van der Waals surface area contributed by atoms with E-state index >= 15 is 0 Å². The molecule has 1 nitrogen and oxygen atoms in total. The van der Waals surface area contributed by atoms with Crippen molar-refractivity contribution in [1.29, 1.82) is 0 Å². The molecule has 0 saturated heterocycles. The molecule has 3 aromatic carbocycles. The van der Waals surface area contributed by atoms with Crippen LogP contribution < -0.4 is 4.74 Å². The fraction of sp³-hybridized carbons (Fsp3) is 0.333. The molecule has 0 aliphatic rings. The Labute approximate surface area is 164 Å². The normalized spacial score (nSPS) is 12.3. The first-order valence-corrected chi connectivity index (χ1v) is 9.74. The van der Waals surface area contributed by atoms with E-state index in [2.05, 4.69) is 17.7 Å². The Morgan fingerprint density at radius 2 is 1.64 bits per heavy atom. The fourth-order valence-electron chi connectivity index (χ4n) is 3.74. The van der Waals surface area contributed by atoms with Crippen LogP contribution in [-0.4, -0.2) is 7.11 Å². The van der Waals surface area contributed by atoms with E-state index in [-0.39, 0.29) is 11.5 Å². The average molecular weight is 386 g/mol. The van der Waals surface area contributed by atoms with Crippen LogP contribution in [0.2, 0.25) is 0 Å². The third kappa shape index (κ3) is 4.32. The zero-order valence-electron chi connectivity index (χ0n) is 16.3. The molecule has 0 aliphatic carbocycles. The van der Waals surface area contributed by atoms with Crippen molar-refractivity contribution in [2.75, 3.05) is 7.11 Å². The van der Waals surface area contributed by atoms with E-state index in [1.165, 1.54) is 0 Å². The second kappa shape index (κ2) is 9.13. The Bertz CT molecular complexity index is 952. The Hall–Kier alpha value is -2.49. The monoisotopic (exact) mass is 386 g/mol. The molecule has 0 aliphatic heterocycles. The van der Waals surface area contributed by atoms with E-state index in [1.54, 1.807) is 0 Å². The molecule has 0 heterocycles. The molecule has 0 aromatic heterocycles. The molecule has 0 fully saturated rings. The highest BCUT2D eigenvalue weighted by atomic mass is 19.2. The smallest absolute Gasteiger partial charge is 0.203 e. The van der Waals surface area contributed by atoms with E-state index in [9.17, 15) is 13.2 Å². The van der Waals surface area contributed by atoms with Crippen LogP contribution in [0.5, 0.6) is 5.75 Å². The number of rotatable bonds is 8. The number of unbranched alkanes of at least 4 members (excludes halogenated alkanes) is 2. The van der Waals surface area contributed by atoms with Crippen molar-refractivity contribution in [3.8, 4) is 5.75 Å². The SMILES string of the molecule is CCCCCC(Cc1ccc2ccccc2c1)c1cc(F)c(OC)c(F)c1F. The van der Waals surface area contributed by atoms with Crippen LogP contribution in [0, 0.1) is 17.5 Å². The minimum absolute atomic E-state index is 0.0834. The first kappa shape index (κ1) is 20.2. The molecule has 0 N–H and O–H groups in total. The van der Waals surface area contributed by atoms with Gasteiger partial charge in [0, 0.05) is 0 Å². The quantitative estimate of drug-likeness (QED) is 0.294. The van der Waals surface area contributed by atoms with Crippen LogP contribution in [-0.2, 0) is 6.42 Å². The van der Waals surface area contributed by atoms with Gasteiger partial charge < -0.3 is 4.74 Å². The van der Waals surface area contributed by atoms with Crippen molar-refractivity contribution >= 4 is 10.8 Å². The van der Waals surface area contributed by atoms with Crippen molar-refractivity contribution < 1.29 is 17.9 Å². The predicted octanol–water partition coefficient (Wildman–Crippen LogP) is 7.17. The van der Waals surface area contributed by atoms with Crippen LogP contribution in [0.4, 0.5) is 13.2 Å². The fourth-order valence-corrected chi connectivity index (χ4v) is 3.74. The maximum absolute atomic E-state index is 14.7. The molecule has 4 heteroatoms. The Morgan fingerprint density at radius 1 is 0.893 bits per heavy atom. The van der Waals surface area contributed by atoms with E-state index < -0.39 is 23.2 Å². The Morgan fingerprint density at radius 3 is 2.36 bits per heavy atom. The lowest BCUT2D eigenvalue weighted by atomic mass is 9.86. The number of hydrogen-bond acceptors (Lipinski definition) is 1. The summed E-state index contributed by atoms with van der Waals surface area (Å²) in [6, 6.07) is 15.2. The highest BCUT2D eigenvalue weighted by Gasteiger charge is 2.25. The third-order valence-electron chi connectivity index (χ3n) is 5.24. The summed E-state index contributed by atoms with van der Waals surface area (Å²) in [5.74, 6) is -4.10. The summed E-state index contributed by atoms with van der Waals surface area (Å²) < 4.78 is 47.9. The number of halogens is 3. The van der Waals surface area contributed by atoms with Crippen LogP contribution in [0.15, 0.2) is 48.5 Å². The summed E-state index contributed by atoms with van der Waals surface area (Å²) in [5.41, 5.74) is 1.11. The van der Waals surface area contributed by atoms with E-state index in [0.717, 1.165) is 48.8 Å². The molecule has 1 unspecified atom stereocenters. The summed E-state index contributed by atoms with van der Waals surface area (Å²) in [6.07, 6.45) is 4.09. The van der Waals surface area contributed by atoms with Gasteiger partial charge in [0.05, 0.1) is 7.11 Å². The molecule has 0 radical (unpaired) electrons. The van der Waals surface area contributed by atoms with Gasteiger partial charge >= 0.3 is 0 Å². The predicted molar refractivity (Wildman–Crippen MR) is 107 cm³/mol. The maximum atomic E-state index is 14.7. The number of methoxy groups -OCH3 is 1. The number of benzene rings is 3. The summed E-state index contributed by atoms with van der Waals surface area (Å²) in [4.78, 5) is 0. The van der Waals surface area contributed by atoms with Crippen LogP contribution >= 0.6 is 0 Å². The van der Waals surface area contributed by atoms with Gasteiger partial charge in [-0.2, -0.15) is 4.39 Å². The van der Waals surface area contributed by atoms with Gasteiger partial charge in [-0.3, -0.25) is 0 Å². The molecule has 0 saturated carbocycles. The van der Waals surface area contributed by atoms with Crippen LogP contribution in [0.3, 0.4) is 0 Å². The van der Waals surface area contributed by atoms with Gasteiger partial charge in [0.15, 0.2) is 17.4 Å². The summed E-state index contributed by atoms with van der Waals surface area (Å²) in [7, 11) is 1.13. The van der Waals surface area contributed by atoms with Gasteiger partial charge in [-0.05, 0) is 46.7 Å². The van der Waals surface area contributed by atoms with Gasteiger partial charge in [0.2, 0.25) is 5.82 Å². The summed E-state index contributed by atoms with van der Waals surface area (Å²) in [6.45, 7) is 2.09. The van der Waals surface area contributed by atoms with Gasteiger partial charge in [0.25, 0.3) is 0 Å². The first-order chi connectivity index (χ1) is 13.5. The van der Waals surface area contributed by atoms with Crippen LogP contribution in [0.25, 0.3) is 10.8 Å². The minimum Gasteiger partial charge on any atom is -0.491 e. The lowest BCUT2D eigenvalue weighted by Gasteiger charge is -2.20. The van der Waals surface area contributed by atoms with Crippen molar-refractivity contribution in [1.82, 2.24) is 0 Å². The lowest BCUT2D eigenvalue weighted by Crippen LogP contribution is -2.09. The maximum Gasteiger partial charge on any atom is 0.203 e. The third-order valence-corrected chi connectivity index (χ3v) is 5.24. The van der Waals surface area contributed by atoms with Gasteiger partial charge in [-0.1, -0.05) is 68.7 Å². The summed E-state index contributed by atoms with van der Waals surface area (Å²) in [5, 5.41) is 2.22. The number of fused-ring (bicyclic) bond motifs is 1. The number of ether oxygens (including phenoxy) is 1. The molecule has 0 spiro atoms. The molecule has 3 aromatic rings. The van der Waals surface area contributed by atoms with Crippen molar-refractivity contribution in [3.05, 3.63) is 77.1 Å². The standard InChI is InChI=1S/C24H25F3O/c1-3-4-5-10-19(20-15-21(25)24(28-2)23(27)22(20)26)14-16-11-12-17-8-6-7-9-18(17)13-16/h6-9,11-13,15,19H,3-5,10,14H2,1-2H3. The Kier molecular flexibility index (Phi) is 6.61. The van der Waals surface area contributed by atoms with Crippen LogP contribution in [0.1, 0.15) is 49.7 Å². The highest BCUT2D eigenvalue weighted by molar-refractivity contribution is 5.83. The van der Waals surface area contributed by atoms with E-state index in [1.807, 2.05) is 36.4 Å². The van der Waals surface area contributed by atoms with Crippen molar-refractivity contribution in [2.45, 2.75) is 44.9 Å². The zero-order chi connectivity index (χ0) is 20.1. The molecule has 0 amide bonds. The van der Waals surface area contributed by atoms with Crippen molar-refractivity contribution in [2.24, 2.45) is 0 Å². The average Bonchev–Trinajstić information content (AvgIpc) is 2.70. The Balaban J connectivity index is 1.96. The second-order valence-electron chi connectivity index (χ2n) is 7.19. The molecule has 28 heavy (non-hydrogen) atoms.